The van der Waals surface area contributed by atoms with Gasteiger partial charge in [0.15, 0.2) is 0 Å². The van der Waals surface area contributed by atoms with Gasteiger partial charge in [-0.1, -0.05) is 36.4 Å². The fourth-order valence-corrected chi connectivity index (χ4v) is 2.88. The number of hydrogen-bond donors (Lipinski definition) is 0. The number of halogens is 1. The normalized spacial score (nSPS) is 20.6. The van der Waals surface area contributed by atoms with Crippen molar-refractivity contribution in [3.05, 3.63) is 59.9 Å². The molecule has 0 saturated carbocycles. The first kappa shape index (κ1) is 16.6. The van der Waals surface area contributed by atoms with E-state index >= 15 is 0 Å². The van der Waals surface area contributed by atoms with Crippen molar-refractivity contribution in [2.75, 3.05) is 26.4 Å². The van der Waals surface area contributed by atoms with Crippen LogP contribution in [0, 0.1) is 5.82 Å². The van der Waals surface area contributed by atoms with Gasteiger partial charge in [0.25, 0.3) is 0 Å². The van der Waals surface area contributed by atoms with Gasteiger partial charge < -0.3 is 14.2 Å². The van der Waals surface area contributed by atoms with Crippen molar-refractivity contribution in [1.82, 2.24) is 0 Å². The van der Waals surface area contributed by atoms with Crippen molar-refractivity contribution in [2.24, 2.45) is 0 Å². The summed E-state index contributed by atoms with van der Waals surface area (Å²) in [4.78, 5) is 12.7. The van der Waals surface area contributed by atoms with E-state index in [9.17, 15) is 9.18 Å². The number of carbonyl (C=O) groups is 1. The summed E-state index contributed by atoms with van der Waals surface area (Å²) < 4.78 is 29.9. The largest absolute Gasteiger partial charge is 0.464 e. The average molecular weight is 330 g/mol. The van der Waals surface area contributed by atoms with Gasteiger partial charge in [-0.3, -0.25) is 0 Å². The second kappa shape index (κ2) is 7.11. The van der Waals surface area contributed by atoms with Crippen molar-refractivity contribution in [2.45, 2.75) is 12.5 Å². The van der Waals surface area contributed by atoms with Gasteiger partial charge in [-0.05, 0) is 30.2 Å². The molecule has 126 valence electrons. The molecule has 5 heteroatoms. The molecule has 1 unspecified atom stereocenters. The molecule has 3 rings (SSSR count). The predicted octanol–water partition coefficient (Wildman–Crippen LogP) is 3.30. The Balaban J connectivity index is 2.11. The molecule has 0 amide bonds. The smallest absolute Gasteiger partial charge is 0.345 e. The monoisotopic (exact) mass is 330 g/mol. The maximum absolute atomic E-state index is 13.2. The average Bonchev–Trinajstić information content (AvgIpc) is 2.63. The van der Waals surface area contributed by atoms with Crippen molar-refractivity contribution in [3.8, 4) is 11.1 Å². The predicted molar refractivity (Wildman–Crippen MR) is 86.9 cm³/mol. The fraction of sp³-hybridized carbons (Fsp3) is 0.316. The highest BCUT2D eigenvalue weighted by atomic mass is 19.1. The van der Waals surface area contributed by atoms with Gasteiger partial charge in [-0.25, -0.2) is 9.18 Å². The summed E-state index contributed by atoms with van der Waals surface area (Å²) in [5.41, 5.74) is 0.940. The highest BCUT2D eigenvalue weighted by Gasteiger charge is 2.46. The van der Waals surface area contributed by atoms with Gasteiger partial charge in [-0.15, -0.1) is 0 Å². The minimum Gasteiger partial charge on any atom is -0.464 e. The second-order valence-electron chi connectivity index (χ2n) is 5.50. The molecule has 24 heavy (non-hydrogen) atoms. The van der Waals surface area contributed by atoms with E-state index in [0.717, 1.165) is 11.1 Å². The van der Waals surface area contributed by atoms with Crippen LogP contribution in [0.2, 0.25) is 0 Å². The highest BCUT2D eigenvalue weighted by Crippen LogP contribution is 2.37. The molecule has 0 spiro atoms. The molecule has 1 heterocycles. The third kappa shape index (κ3) is 3.05. The standard InChI is InChI=1S/C19H19FO4/c1-2-23-18(21)19(13-22-11-12-24-19)17-6-4-3-5-16(17)14-7-9-15(20)10-8-14/h3-10H,2,11-13H2,1H3. The maximum atomic E-state index is 13.2. The molecular formula is C19H19FO4. The number of carbonyl (C=O) groups excluding carboxylic acids is 1. The first-order valence-corrected chi connectivity index (χ1v) is 7.92. The Bertz CT molecular complexity index is 706. The van der Waals surface area contributed by atoms with E-state index in [1.54, 1.807) is 19.1 Å². The number of rotatable bonds is 4. The second-order valence-corrected chi connectivity index (χ2v) is 5.50. The van der Waals surface area contributed by atoms with E-state index in [4.69, 9.17) is 14.2 Å². The maximum Gasteiger partial charge on any atom is 0.345 e. The first-order valence-electron chi connectivity index (χ1n) is 7.92. The molecule has 0 bridgehead atoms. The fourth-order valence-electron chi connectivity index (χ4n) is 2.88. The third-order valence-electron chi connectivity index (χ3n) is 4.00. The van der Waals surface area contributed by atoms with E-state index in [-0.39, 0.29) is 19.0 Å². The lowest BCUT2D eigenvalue weighted by atomic mass is 9.86. The number of esters is 1. The first-order chi connectivity index (χ1) is 11.7. The van der Waals surface area contributed by atoms with Gasteiger partial charge in [0.1, 0.15) is 5.82 Å². The van der Waals surface area contributed by atoms with Crippen molar-refractivity contribution in [1.29, 1.82) is 0 Å². The number of hydrogen-bond acceptors (Lipinski definition) is 4. The van der Waals surface area contributed by atoms with Gasteiger partial charge in [0, 0.05) is 5.56 Å². The van der Waals surface area contributed by atoms with Crippen LogP contribution in [-0.4, -0.2) is 32.4 Å². The van der Waals surface area contributed by atoms with Crippen LogP contribution < -0.4 is 0 Å². The molecule has 1 aliphatic heterocycles. The topological polar surface area (TPSA) is 44.8 Å². The van der Waals surface area contributed by atoms with Crippen LogP contribution >= 0.6 is 0 Å². The SMILES string of the molecule is CCOC(=O)C1(c2ccccc2-c2ccc(F)cc2)COCCO1. The Morgan fingerprint density at radius 2 is 1.92 bits per heavy atom. The van der Waals surface area contributed by atoms with E-state index in [1.807, 2.05) is 24.3 Å². The summed E-state index contributed by atoms with van der Waals surface area (Å²) in [6, 6.07) is 13.5. The lowest BCUT2D eigenvalue weighted by Crippen LogP contribution is -2.48. The molecule has 2 aromatic carbocycles. The molecule has 1 aliphatic rings. The zero-order valence-corrected chi connectivity index (χ0v) is 13.5. The molecule has 2 aromatic rings. The number of ether oxygens (including phenoxy) is 3. The summed E-state index contributed by atoms with van der Waals surface area (Å²) in [5.74, 6) is -0.784. The zero-order valence-electron chi connectivity index (χ0n) is 13.5. The molecule has 1 fully saturated rings. The van der Waals surface area contributed by atoms with Crippen LogP contribution in [0.25, 0.3) is 11.1 Å². The summed E-state index contributed by atoms with van der Waals surface area (Å²) >= 11 is 0. The van der Waals surface area contributed by atoms with Crippen LogP contribution in [0.4, 0.5) is 4.39 Å². The molecule has 0 aliphatic carbocycles. The Labute approximate surface area is 140 Å². The Hall–Kier alpha value is -2.24. The molecule has 4 nitrogen and oxygen atoms in total. The Kier molecular flexibility index (Phi) is 4.92. The Morgan fingerprint density at radius 1 is 1.17 bits per heavy atom. The molecule has 0 aromatic heterocycles. The summed E-state index contributed by atoms with van der Waals surface area (Å²) in [6.07, 6.45) is 0. The lowest BCUT2D eigenvalue weighted by Gasteiger charge is -2.36. The quantitative estimate of drug-likeness (QED) is 0.807. The van der Waals surface area contributed by atoms with Crippen molar-refractivity contribution >= 4 is 5.97 Å². The van der Waals surface area contributed by atoms with Crippen LogP contribution in [0.15, 0.2) is 48.5 Å². The van der Waals surface area contributed by atoms with E-state index in [1.165, 1.54) is 12.1 Å². The van der Waals surface area contributed by atoms with Gasteiger partial charge in [0.05, 0.1) is 26.4 Å². The zero-order chi connectivity index (χ0) is 17.0. The molecular weight excluding hydrogens is 311 g/mol. The van der Waals surface area contributed by atoms with E-state index in [0.29, 0.717) is 18.8 Å². The number of benzene rings is 2. The van der Waals surface area contributed by atoms with Crippen LogP contribution in [0.1, 0.15) is 12.5 Å². The van der Waals surface area contributed by atoms with Gasteiger partial charge in [0.2, 0.25) is 5.60 Å². The highest BCUT2D eigenvalue weighted by molar-refractivity contribution is 5.85. The van der Waals surface area contributed by atoms with Gasteiger partial charge >= 0.3 is 5.97 Å². The summed E-state index contributed by atoms with van der Waals surface area (Å²) in [6.45, 7) is 2.82. The van der Waals surface area contributed by atoms with Crippen molar-refractivity contribution < 1.29 is 23.4 Å². The van der Waals surface area contributed by atoms with Crippen molar-refractivity contribution in [3.63, 3.8) is 0 Å². The minimum absolute atomic E-state index is 0.0873. The molecule has 0 radical (unpaired) electrons. The van der Waals surface area contributed by atoms with Crippen LogP contribution in [0.3, 0.4) is 0 Å². The third-order valence-corrected chi connectivity index (χ3v) is 4.00. The molecule has 1 atom stereocenters. The summed E-state index contributed by atoms with van der Waals surface area (Å²) in [5, 5.41) is 0. The Morgan fingerprint density at radius 3 is 2.58 bits per heavy atom. The van der Waals surface area contributed by atoms with Crippen LogP contribution in [0.5, 0.6) is 0 Å². The summed E-state index contributed by atoms with van der Waals surface area (Å²) in [7, 11) is 0. The van der Waals surface area contributed by atoms with E-state index < -0.39 is 11.6 Å². The van der Waals surface area contributed by atoms with Crippen LogP contribution in [-0.2, 0) is 24.6 Å². The lowest BCUT2D eigenvalue weighted by molar-refractivity contribution is -0.202. The van der Waals surface area contributed by atoms with Gasteiger partial charge in [-0.2, -0.15) is 0 Å². The minimum atomic E-state index is -1.31. The van der Waals surface area contributed by atoms with E-state index in [2.05, 4.69) is 0 Å². The molecule has 1 saturated heterocycles. The molecule has 0 N–H and O–H groups in total.